The molecule has 0 saturated heterocycles. The van der Waals surface area contributed by atoms with Gasteiger partial charge in [-0.15, -0.1) is 0 Å². The minimum absolute atomic E-state index is 0.0136. The lowest BCUT2D eigenvalue weighted by Crippen LogP contribution is -2.39. The number of nitrogens with one attached hydrogen (secondary N) is 1. The van der Waals surface area contributed by atoms with Crippen LogP contribution in [-0.2, 0) is 4.74 Å². The van der Waals surface area contributed by atoms with Gasteiger partial charge in [-0.3, -0.25) is 0 Å². The highest BCUT2D eigenvalue weighted by atomic mass is 16.6. The average molecular weight is 341 g/mol. The molecule has 2 unspecified atom stereocenters. The van der Waals surface area contributed by atoms with Gasteiger partial charge in [0.15, 0.2) is 0 Å². The molecule has 0 aromatic heterocycles. The Hall–Kier alpha value is -2.32. The summed E-state index contributed by atoms with van der Waals surface area (Å²) in [7, 11) is 1.40. The SMILES string of the molecule is COc1ccc(C(=O)O)c(C(O)C(O)CNC(=O)OC(C)(C)C)c1. The lowest BCUT2D eigenvalue weighted by molar-refractivity contribution is 0.0120. The van der Waals surface area contributed by atoms with Gasteiger partial charge in [0, 0.05) is 12.1 Å². The highest BCUT2D eigenvalue weighted by Crippen LogP contribution is 2.26. The second-order valence-electron chi connectivity index (χ2n) is 6.15. The summed E-state index contributed by atoms with van der Waals surface area (Å²) in [6.45, 7) is 4.75. The third-order valence-electron chi connectivity index (χ3n) is 3.03. The fourth-order valence-electron chi connectivity index (χ4n) is 1.93. The van der Waals surface area contributed by atoms with Crippen molar-refractivity contribution >= 4 is 12.1 Å². The van der Waals surface area contributed by atoms with E-state index in [0.29, 0.717) is 5.75 Å². The third kappa shape index (κ3) is 5.71. The van der Waals surface area contributed by atoms with Crippen molar-refractivity contribution in [1.82, 2.24) is 5.32 Å². The summed E-state index contributed by atoms with van der Waals surface area (Å²) in [5.74, 6) is -0.916. The van der Waals surface area contributed by atoms with Gasteiger partial charge < -0.3 is 30.1 Å². The van der Waals surface area contributed by atoms with Gasteiger partial charge in [0.25, 0.3) is 0 Å². The Labute approximate surface area is 140 Å². The highest BCUT2D eigenvalue weighted by molar-refractivity contribution is 5.89. The second kappa shape index (κ2) is 7.98. The number of carbonyl (C=O) groups is 2. The fourth-order valence-corrected chi connectivity index (χ4v) is 1.93. The molecule has 0 aliphatic heterocycles. The summed E-state index contributed by atoms with van der Waals surface area (Å²) in [6.07, 6.45) is -3.71. The first kappa shape index (κ1) is 19.7. The Morgan fingerprint density at radius 3 is 2.38 bits per heavy atom. The van der Waals surface area contributed by atoms with Crippen LogP contribution >= 0.6 is 0 Å². The maximum Gasteiger partial charge on any atom is 0.407 e. The van der Waals surface area contributed by atoms with E-state index in [9.17, 15) is 24.9 Å². The molecule has 1 rings (SSSR count). The van der Waals surface area contributed by atoms with E-state index in [1.54, 1.807) is 20.8 Å². The number of alkyl carbamates (subject to hydrolysis) is 1. The van der Waals surface area contributed by atoms with Crippen molar-refractivity contribution < 1.29 is 34.4 Å². The standard InChI is InChI=1S/C16H23NO7/c1-16(2,3)24-15(22)17-8-12(18)13(19)11-7-9(23-4)5-6-10(11)14(20)21/h5-7,12-13,18-19H,8H2,1-4H3,(H,17,22)(H,20,21). The van der Waals surface area contributed by atoms with Crippen molar-refractivity contribution in [2.24, 2.45) is 0 Å². The van der Waals surface area contributed by atoms with Crippen LogP contribution < -0.4 is 10.1 Å². The van der Waals surface area contributed by atoms with Crippen LogP contribution in [0.25, 0.3) is 0 Å². The molecule has 1 amide bonds. The molecule has 24 heavy (non-hydrogen) atoms. The molecule has 0 aliphatic rings. The number of amides is 1. The van der Waals surface area contributed by atoms with Crippen LogP contribution in [0, 0.1) is 0 Å². The van der Waals surface area contributed by atoms with Gasteiger partial charge in [0.1, 0.15) is 23.6 Å². The Balaban J connectivity index is 2.83. The van der Waals surface area contributed by atoms with E-state index in [4.69, 9.17) is 9.47 Å². The minimum Gasteiger partial charge on any atom is -0.497 e. The number of benzene rings is 1. The largest absolute Gasteiger partial charge is 0.497 e. The number of aliphatic hydroxyl groups excluding tert-OH is 2. The fraction of sp³-hybridized carbons (Fsp3) is 0.500. The van der Waals surface area contributed by atoms with E-state index in [1.165, 1.54) is 25.3 Å². The molecule has 0 spiro atoms. The Bertz CT molecular complexity index is 595. The van der Waals surface area contributed by atoms with Gasteiger partial charge in [0.2, 0.25) is 0 Å². The van der Waals surface area contributed by atoms with Gasteiger partial charge >= 0.3 is 12.1 Å². The van der Waals surface area contributed by atoms with Gasteiger partial charge in [-0.25, -0.2) is 9.59 Å². The van der Waals surface area contributed by atoms with Crippen molar-refractivity contribution in [1.29, 1.82) is 0 Å². The van der Waals surface area contributed by atoms with Crippen LogP contribution in [0.15, 0.2) is 18.2 Å². The molecule has 4 N–H and O–H groups in total. The van der Waals surface area contributed by atoms with Gasteiger partial charge in [-0.05, 0) is 39.0 Å². The van der Waals surface area contributed by atoms with Crippen molar-refractivity contribution in [2.45, 2.75) is 38.6 Å². The van der Waals surface area contributed by atoms with E-state index in [1.807, 2.05) is 0 Å². The van der Waals surface area contributed by atoms with Crippen LogP contribution in [0.5, 0.6) is 5.75 Å². The number of carboxylic acid groups (broad SMARTS) is 1. The van der Waals surface area contributed by atoms with E-state index >= 15 is 0 Å². The molecule has 0 bridgehead atoms. The zero-order chi connectivity index (χ0) is 18.5. The molecule has 8 heteroatoms. The maximum absolute atomic E-state index is 11.6. The number of carboxylic acids is 1. The van der Waals surface area contributed by atoms with Crippen LogP contribution in [-0.4, -0.2) is 52.7 Å². The van der Waals surface area contributed by atoms with E-state index in [0.717, 1.165) is 0 Å². The highest BCUT2D eigenvalue weighted by Gasteiger charge is 2.25. The number of ether oxygens (including phenoxy) is 2. The molecule has 2 atom stereocenters. The van der Waals surface area contributed by atoms with Crippen molar-refractivity contribution in [3.8, 4) is 5.75 Å². The summed E-state index contributed by atoms with van der Waals surface area (Å²) in [6, 6.07) is 4.03. The molecule has 0 saturated carbocycles. The lowest BCUT2D eigenvalue weighted by Gasteiger charge is -2.23. The number of carbonyl (C=O) groups excluding carboxylic acids is 1. The monoisotopic (exact) mass is 341 g/mol. The quantitative estimate of drug-likeness (QED) is 0.615. The Morgan fingerprint density at radius 2 is 1.88 bits per heavy atom. The lowest BCUT2D eigenvalue weighted by atomic mass is 9.98. The van der Waals surface area contributed by atoms with Crippen LogP contribution in [0.2, 0.25) is 0 Å². The number of hydrogen-bond donors (Lipinski definition) is 4. The van der Waals surface area contributed by atoms with Gasteiger partial charge in [0.05, 0.1) is 12.7 Å². The van der Waals surface area contributed by atoms with E-state index in [-0.39, 0.29) is 17.7 Å². The second-order valence-corrected chi connectivity index (χ2v) is 6.15. The molecule has 0 radical (unpaired) electrons. The number of aromatic carboxylic acids is 1. The number of aliphatic hydroxyl groups is 2. The zero-order valence-corrected chi connectivity index (χ0v) is 14.1. The molecular formula is C16H23NO7. The molecule has 8 nitrogen and oxygen atoms in total. The summed E-state index contributed by atoms with van der Waals surface area (Å²) in [5.41, 5.74) is -0.878. The number of rotatable bonds is 6. The van der Waals surface area contributed by atoms with Gasteiger partial charge in [-0.2, -0.15) is 0 Å². The Morgan fingerprint density at radius 1 is 1.25 bits per heavy atom. The first-order valence-corrected chi connectivity index (χ1v) is 7.29. The average Bonchev–Trinajstić information content (AvgIpc) is 2.49. The number of hydrogen-bond acceptors (Lipinski definition) is 6. The molecular weight excluding hydrogens is 318 g/mol. The third-order valence-corrected chi connectivity index (χ3v) is 3.03. The molecule has 134 valence electrons. The summed E-state index contributed by atoms with van der Waals surface area (Å²) >= 11 is 0. The normalized spacial score (nSPS) is 13.8. The first-order chi connectivity index (χ1) is 11.0. The molecule has 1 aromatic carbocycles. The van der Waals surface area contributed by atoms with Crippen molar-refractivity contribution in [3.05, 3.63) is 29.3 Å². The molecule has 0 heterocycles. The van der Waals surface area contributed by atoms with Crippen molar-refractivity contribution in [2.75, 3.05) is 13.7 Å². The van der Waals surface area contributed by atoms with Crippen LogP contribution in [0.4, 0.5) is 4.79 Å². The Kier molecular flexibility index (Phi) is 6.56. The predicted octanol–water partition coefficient (Wildman–Crippen LogP) is 1.31. The summed E-state index contributed by atoms with van der Waals surface area (Å²) < 4.78 is 10.0. The van der Waals surface area contributed by atoms with E-state index < -0.39 is 29.9 Å². The summed E-state index contributed by atoms with van der Waals surface area (Å²) in [4.78, 5) is 22.8. The maximum atomic E-state index is 11.6. The minimum atomic E-state index is -1.53. The summed E-state index contributed by atoms with van der Waals surface area (Å²) in [5, 5.41) is 31.8. The molecule has 0 aliphatic carbocycles. The van der Waals surface area contributed by atoms with Crippen LogP contribution in [0.3, 0.4) is 0 Å². The topological polar surface area (TPSA) is 125 Å². The molecule has 0 fully saturated rings. The smallest absolute Gasteiger partial charge is 0.407 e. The first-order valence-electron chi connectivity index (χ1n) is 7.29. The zero-order valence-electron chi connectivity index (χ0n) is 14.1. The van der Waals surface area contributed by atoms with Gasteiger partial charge in [-0.1, -0.05) is 0 Å². The number of methoxy groups -OCH3 is 1. The van der Waals surface area contributed by atoms with Crippen molar-refractivity contribution in [3.63, 3.8) is 0 Å². The predicted molar refractivity (Wildman–Crippen MR) is 85.2 cm³/mol. The van der Waals surface area contributed by atoms with Crippen LogP contribution in [0.1, 0.15) is 42.8 Å². The molecule has 1 aromatic rings. The van der Waals surface area contributed by atoms with E-state index in [2.05, 4.69) is 5.32 Å².